The Kier molecular flexibility index (Phi) is 5.34. The first-order valence-electron chi connectivity index (χ1n) is 8.50. The van der Waals surface area contributed by atoms with E-state index in [-0.39, 0.29) is 11.8 Å². The fourth-order valence-corrected chi connectivity index (χ4v) is 4.50. The predicted octanol–water partition coefficient (Wildman–Crippen LogP) is 4.04. The summed E-state index contributed by atoms with van der Waals surface area (Å²) >= 11 is 1.53. The Morgan fingerprint density at radius 1 is 1.28 bits per heavy atom. The van der Waals surface area contributed by atoms with E-state index in [1.54, 1.807) is 18.2 Å². The summed E-state index contributed by atoms with van der Waals surface area (Å²) < 4.78 is 0. The second-order valence-corrected chi connectivity index (χ2v) is 7.48. The molecule has 1 atom stereocenters. The van der Waals surface area contributed by atoms with Crippen molar-refractivity contribution in [1.82, 2.24) is 5.32 Å². The van der Waals surface area contributed by atoms with Crippen molar-refractivity contribution in [1.29, 1.82) is 0 Å². The third kappa shape index (κ3) is 3.82. The maximum absolute atomic E-state index is 12.7. The summed E-state index contributed by atoms with van der Waals surface area (Å²) in [5.41, 5.74) is 2.30. The molecule has 25 heavy (non-hydrogen) atoms. The van der Waals surface area contributed by atoms with Crippen LogP contribution in [0.3, 0.4) is 0 Å². The van der Waals surface area contributed by atoms with E-state index in [0.29, 0.717) is 28.6 Å². The number of amides is 2. The minimum Gasteiger partial charge on any atom is -0.348 e. The molecule has 0 aliphatic heterocycles. The van der Waals surface area contributed by atoms with E-state index in [0.717, 1.165) is 24.8 Å². The number of rotatable bonds is 5. The van der Waals surface area contributed by atoms with Gasteiger partial charge >= 0.3 is 0 Å². The monoisotopic (exact) mass is 354 g/mol. The van der Waals surface area contributed by atoms with Gasteiger partial charge in [0, 0.05) is 17.0 Å². The Morgan fingerprint density at radius 3 is 2.76 bits per heavy atom. The molecule has 1 aromatic heterocycles. The molecule has 3 rings (SSSR count). The Labute approximate surface area is 152 Å². The van der Waals surface area contributed by atoms with Gasteiger partial charge in [0.2, 0.25) is 0 Å². The molecule has 1 heterocycles. The summed E-state index contributed by atoms with van der Waals surface area (Å²) in [6, 6.07) is 9.06. The van der Waals surface area contributed by atoms with Crippen LogP contribution in [0.15, 0.2) is 43.0 Å². The summed E-state index contributed by atoms with van der Waals surface area (Å²) in [4.78, 5) is 26.4. The molecule has 5 heteroatoms. The van der Waals surface area contributed by atoms with Gasteiger partial charge in [-0.3, -0.25) is 9.59 Å². The number of carbonyl (C=O) groups excluding carboxylic acids is 2. The molecule has 0 fully saturated rings. The SMILES string of the molecule is C=CCNC(=O)c1c(NC(=O)c2ccccc2)sc2c1CC[C@H](C)C2. The van der Waals surface area contributed by atoms with Crippen molar-refractivity contribution in [2.24, 2.45) is 5.92 Å². The molecule has 2 amide bonds. The Bertz CT molecular complexity index is 796. The lowest BCUT2D eigenvalue weighted by atomic mass is 9.88. The van der Waals surface area contributed by atoms with Crippen molar-refractivity contribution >= 4 is 28.2 Å². The maximum atomic E-state index is 12.7. The van der Waals surface area contributed by atoms with E-state index in [1.807, 2.05) is 18.2 Å². The molecule has 1 aromatic carbocycles. The number of fused-ring (bicyclic) bond motifs is 1. The van der Waals surface area contributed by atoms with Crippen molar-refractivity contribution in [2.45, 2.75) is 26.2 Å². The fourth-order valence-electron chi connectivity index (χ4n) is 3.10. The number of carbonyl (C=O) groups is 2. The number of thiophene rings is 1. The third-order valence-electron chi connectivity index (χ3n) is 4.41. The molecule has 0 unspecified atom stereocenters. The number of nitrogens with one attached hydrogen (secondary N) is 2. The minimum atomic E-state index is -0.190. The Hall–Kier alpha value is -2.40. The molecule has 2 N–H and O–H groups in total. The zero-order valence-corrected chi connectivity index (χ0v) is 15.1. The van der Waals surface area contributed by atoms with E-state index < -0.39 is 0 Å². The topological polar surface area (TPSA) is 58.2 Å². The van der Waals surface area contributed by atoms with Crippen molar-refractivity contribution in [3.63, 3.8) is 0 Å². The number of hydrogen-bond donors (Lipinski definition) is 2. The molecule has 0 radical (unpaired) electrons. The summed E-state index contributed by atoms with van der Waals surface area (Å²) in [5, 5.41) is 6.44. The van der Waals surface area contributed by atoms with Crippen LogP contribution in [0, 0.1) is 5.92 Å². The second kappa shape index (κ2) is 7.66. The van der Waals surface area contributed by atoms with Gasteiger partial charge in [-0.1, -0.05) is 31.2 Å². The lowest BCUT2D eigenvalue weighted by Gasteiger charge is -2.18. The summed E-state index contributed by atoms with van der Waals surface area (Å²) in [6.45, 7) is 6.27. The lowest BCUT2D eigenvalue weighted by molar-refractivity contribution is 0.0958. The van der Waals surface area contributed by atoms with Gasteiger partial charge in [-0.15, -0.1) is 17.9 Å². The normalized spacial score (nSPS) is 16.0. The van der Waals surface area contributed by atoms with Crippen LogP contribution in [0.1, 0.15) is 44.5 Å². The molecular formula is C20H22N2O2S. The molecule has 0 saturated heterocycles. The Morgan fingerprint density at radius 2 is 2.04 bits per heavy atom. The highest BCUT2D eigenvalue weighted by molar-refractivity contribution is 7.17. The van der Waals surface area contributed by atoms with E-state index in [9.17, 15) is 9.59 Å². The van der Waals surface area contributed by atoms with Gasteiger partial charge < -0.3 is 10.6 Å². The van der Waals surface area contributed by atoms with Crippen molar-refractivity contribution in [3.05, 3.63) is 64.6 Å². The molecule has 0 spiro atoms. The average molecular weight is 354 g/mol. The second-order valence-electron chi connectivity index (χ2n) is 6.37. The molecule has 2 aromatic rings. The van der Waals surface area contributed by atoms with Gasteiger partial charge in [-0.05, 0) is 42.9 Å². The Balaban J connectivity index is 1.93. The van der Waals surface area contributed by atoms with Crippen LogP contribution < -0.4 is 10.6 Å². The van der Waals surface area contributed by atoms with Gasteiger partial charge in [0.1, 0.15) is 5.00 Å². The average Bonchev–Trinajstić information content (AvgIpc) is 2.97. The molecule has 0 bridgehead atoms. The summed E-state index contributed by atoms with van der Waals surface area (Å²) in [7, 11) is 0. The zero-order chi connectivity index (χ0) is 17.8. The van der Waals surface area contributed by atoms with Crippen LogP contribution in [0.2, 0.25) is 0 Å². The van der Waals surface area contributed by atoms with Crippen LogP contribution >= 0.6 is 11.3 Å². The highest BCUT2D eigenvalue weighted by Crippen LogP contribution is 2.39. The first-order chi connectivity index (χ1) is 12.1. The van der Waals surface area contributed by atoms with E-state index in [4.69, 9.17) is 0 Å². The maximum Gasteiger partial charge on any atom is 0.256 e. The van der Waals surface area contributed by atoms with Crippen molar-refractivity contribution in [2.75, 3.05) is 11.9 Å². The van der Waals surface area contributed by atoms with Gasteiger partial charge in [-0.25, -0.2) is 0 Å². The summed E-state index contributed by atoms with van der Waals surface area (Å²) in [6.07, 6.45) is 4.56. The quantitative estimate of drug-likeness (QED) is 0.796. The number of hydrogen-bond acceptors (Lipinski definition) is 3. The third-order valence-corrected chi connectivity index (χ3v) is 5.58. The lowest BCUT2D eigenvalue weighted by Crippen LogP contribution is -2.26. The van der Waals surface area contributed by atoms with Gasteiger partial charge in [0.25, 0.3) is 11.8 Å². The fraction of sp³-hybridized carbons (Fsp3) is 0.300. The van der Waals surface area contributed by atoms with Crippen LogP contribution in [-0.4, -0.2) is 18.4 Å². The smallest absolute Gasteiger partial charge is 0.256 e. The first kappa shape index (κ1) is 17.4. The van der Waals surface area contributed by atoms with Gasteiger partial charge in [0.15, 0.2) is 0 Å². The van der Waals surface area contributed by atoms with Crippen LogP contribution in [0.4, 0.5) is 5.00 Å². The van der Waals surface area contributed by atoms with Gasteiger partial charge in [-0.2, -0.15) is 0 Å². The molecular weight excluding hydrogens is 332 g/mol. The largest absolute Gasteiger partial charge is 0.348 e. The molecule has 4 nitrogen and oxygen atoms in total. The van der Waals surface area contributed by atoms with Crippen LogP contribution in [0.25, 0.3) is 0 Å². The van der Waals surface area contributed by atoms with Crippen molar-refractivity contribution in [3.8, 4) is 0 Å². The number of anilines is 1. The highest BCUT2D eigenvalue weighted by atomic mass is 32.1. The molecule has 1 aliphatic rings. The minimum absolute atomic E-state index is 0.143. The molecule has 1 aliphatic carbocycles. The van der Waals surface area contributed by atoms with Crippen molar-refractivity contribution < 1.29 is 9.59 Å². The van der Waals surface area contributed by atoms with Crippen LogP contribution in [-0.2, 0) is 12.8 Å². The van der Waals surface area contributed by atoms with E-state index >= 15 is 0 Å². The van der Waals surface area contributed by atoms with E-state index in [1.165, 1.54) is 16.2 Å². The highest BCUT2D eigenvalue weighted by Gasteiger charge is 2.28. The first-order valence-corrected chi connectivity index (χ1v) is 9.31. The summed E-state index contributed by atoms with van der Waals surface area (Å²) in [5.74, 6) is 0.272. The van der Waals surface area contributed by atoms with E-state index in [2.05, 4.69) is 24.1 Å². The zero-order valence-electron chi connectivity index (χ0n) is 14.3. The van der Waals surface area contributed by atoms with Crippen LogP contribution in [0.5, 0.6) is 0 Å². The van der Waals surface area contributed by atoms with Gasteiger partial charge in [0.05, 0.1) is 5.56 Å². The standard InChI is InChI=1S/C20H22N2O2S/c1-3-11-21-19(24)17-15-10-9-13(2)12-16(15)25-20(17)22-18(23)14-7-5-4-6-8-14/h3-8,13H,1,9-12H2,2H3,(H,21,24)(H,22,23)/t13-/m0/s1. The predicted molar refractivity (Wildman–Crippen MR) is 102 cm³/mol. The molecule has 130 valence electrons. The molecule has 0 saturated carbocycles. The number of benzene rings is 1.